The lowest BCUT2D eigenvalue weighted by molar-refractivity contribution is 0.866. The molecule has 0 atom stereocenters. The molecular weight excluding hydrogens is 404 g/mol. The van der Waals surface area contributed by atoms with E-state index in [0.29, 0.717) is 23.6 Å². The van der Waals surface area contributed by atoms with E-state index >= 15 is 0 Å². The molecule has 0 aliphatic heterocycles. The maximum atomic E-state index is 4.61. The second-order valence-electron chi connectivity index (χ2n) is 7.35. The molecule has 140 valence electrons. The molecule has 4 rings (SSSR count). The van der Waals surface area contributed by atoms with Crippen LogP contribution in [0.1, 0.15) is 55.3 Å². The topological polar surface area (TPSA) is 78.5 Å². The maximum Gasteiger partial charge on any atom is 0.229 e. The Bertz CT molecular complexity index is 961. The van der Waals surface area contributed by atoms with Crippen molar-refractivity contribution in [3.63, 3.8) is 0 Å². The molecule has 0 saturated heterocycles. The Balaban J connectivity index is 1.55. The summed E-state index contributed by atoms with van der Waals surface area (Å²) in [5.74, 6) is 3.09. The highest BCUT2D eigenvalue weighted by Crippen LogP contribution is 2.39. The third kappa shape index (κ3) is 4.13. The average molecular weight is 427 g/mol. The molecule has 3 N–H and O–H groups in total. The first-order valence-corrected chi connectivity index (χ1v) is 10.0. The molecule has 0 spiro atoms. The van der Waals surface area contributed by atoms with Crippen molar-refractivity contribution in [2.24, 2.45) is 0 Å². The van der Waals surface area contributed by atoms with Gasteiger partial charge in [-0.25, -0.2) is 4.98 Å². The maximum absolute atomic E-state index is 4.61. The van der Waals surface area contributed by atoms with Crippen LogP contribution >= 0.6 is 15.9 Å². The highest BCUT2D eigenvalue weighted by Gasteiger charge is 2.25. The van der Waals surface area contributed by atoms with Gasteiger partial charge in [0, 0.05) is 29.6 Å². The van der Waals surface area contributed by atoms with E-state index in [4.69, 9.17) is 0 Å². The Morgan fingerprint density at radius 2 is 2.00 bits per heavy atom. The minimum absolute atomic E-state index is 0.467. The van der Waals surface area contributed by atoms with Gasteiger partial charge in [0.25, 0.3) is 0 Å². The van der Waals surface area contributed by atoms with Crippen LogP contribution in [-0.4, -0.2) is 20.2 Å². The van der Waals surface area contributed by atoms with Gasteiger partial charge < -0.3 is 10.6 Å². The molecule has 0 bridgehead atoms. The monoisotopic (exact) mass is 426 g/mol. The van der Waals surface area contributed by atoms with Gasteiger partial charge in [0.05, 0.1) is 4.47 Å². The van der Waals surface area contributed by atoms with Crippen molar-refractivity contribution in [3.8, 4) is 0 Å². The summed E-state index contributed by atoms with van der Waals surface area (Å²) in [5.41, 5.74) is 4.64. The number of halogens is 1. The van der Waals surface area contributed by atoms with Crippen molar-refractivity contribution < 1.29 is 0 Å². The van der Waals surface area contributed by atoms with Crippen molar-refractivity contribution >= 4 is 39.2 Å². The van der Waals surface area contributed by atoms with Gasteiger partial charge >= 0.3 is 0 Å². The summed E-state index contributed by atoms with van der Waals surface area (Å²) in [7, 11) is 0. The Morgan fingerprint density at radius 3 is 2.74 bits per heavy atom. The summed E-state index contributed by atoms with van der Waals surface area (Å²) in [6, 6.07) is 8.50. The molecule has 1 aliphatic carbocycles. The molecule has 2 aromatic heterocycles. The van der Waals surface area contributed by atoms with E-state index in [1.165, 1.54) is 24.1 Å². The lowest BCUT2D eigenvalue weighted by atomic mass is 10.0. The molecule has 1 aliphatic rings. The van der Waals surface area contributed by atoms with E-state index in [0.717, 1.165) is 21.5 Å². The number of H-pyrrole nitrogens is 1. The molecule has 0 amide bonds. The highest BCUT2D eigenvalue weighted by atomic mass is 79.9. The predicted octanol–water partition coefficient (Wildman–Crippen LogP) is 5.76. The first kappa shape index (κ1) is 18.0. The van der Waals surface area contributed by atoms with Crippen LogP contribution in [0.15, 0.2) is 34.9 Å². The highest BCUT2D eigenvalue weighted by molar-refractivity contribution is 9.10. The van der Waals surface area contributed by atoms with Gasteiger partial charge in [0.1, 0.15) is 0 Å². The molecule has 0 unspecified atom stereocenters. The number of aromatic nitrogens is 4. The summed E-state index contributed by atoms with van der Waals surface area (Å²) >= 11 is 3.51. The molecule has 6 nitrogen and oxygen atoms in total. The van der Waals surface area contributed by atoms with Crippen molar-refractivity contribution in [2.75, 3.05) is 10.6 Å². The first-order valence-electron chi connectivity index (χ1n) is 9.22. The van der Waals surface area contributed by atoms with E-state index < -0.39 is 0 Å². The lowest BCUT2D eigenvalue weighted by Crippen LogP contribution is -2.03. The number of hydrogen-bond acceptors (Lipinski definition) is 5. The van der Waals surface area contributed by atoms with Gasteiger partial charge in [-0.05, 0) is 58.8 Å². The summed E-state index contributed by atoms with van der Waals surface area (Å²) in [4.78, 5) is 9.01. The first-order chi connectivity index (χ1) is 13.0. The van der Waals surface area contributed by atoms with Crippen molar-refractivity contribution in [3.05, 3.63) is 51.8 Å². The summed E-state index contributed by atoms with van der Waals surface area (Å²) in [5, 5.41) is 14.0. The molecule has 3 aromatic rings. The number of aromatic amines is 1. The molecule has 0 radical (unpaired) electrons. The normalized spacial score (nSPS) is 13.8. The number of nitrogens with zero attached hydrogens (tertiary/aromatic N) is 3. The smallest absolute Gasteiger partial charge is 0.229 e. The SMILES string of the molecule is Cc1ccc(C(C)C)cc1Nc1ncc(Br)c(Nc2cc(C3CC3)[nH]n2)n1. The van der Waals surface area contributed by atoms with Gasteiger partial charge in [-0.3, -0.25) is 5.10 Å². The molecule has 27 heavy (non-hydrogen) atoms. The van der Waals surface area contributed by atoms with Gasteiger partial charge in [0.2, 0.25) is 5.95 Å². The number of rotatable bonds is 6. The van der Waals surface area contributed by atoms with Crippen LogP contribution in [0.2, 0.25) is 0 Å². The Morgan fingerprint density at radius 1 is 1.19 bits per heavy atom. The number of hydrogen-bond donors (Lipinski definition) is 3. The second kappa shape index (κ2) is 7.31. The Hall–Kier alpha value is -2.41. The van der Waals surface area contributed by atoms with E-state index in [1.54, 1.807) is 6.20 Å². The predicted molar refractivity (Wildman–Crippen MR) is 112 cm³/mol. The fourth-order valence-corrected chi connectivity index (χ4v) is 3.18. The molecule has 1 aromatic carbocycles. The van der Waals surface area contributed by atoms with Crippen LogP contribution in [0.3, 0.4) is 0 Å². The molecule has 2 heterocycles. The largest absolute Gasteiger partial charge is 0.324 e. The van der Waals surface area contributed by atoms with Crippen molar-refractivity contribution in [2.45, 2.75) is 45.4 Å². The zero-order chi connectivity index (χ0) is 19.0. The summed E-state index contributed by atoms with van der Waals surface area (Å²) in [6.07, 6.45) is 4.22. The zero-order valence-electron chi connectivity index (χ0n) is 15.7. The molecule has 1 fully saturated rings. The zero-order valence-corrected chi connectivity index (χ0v) is 17.3. The Kier molecular flexibility index (Phi) is 4.86. The number of aryl methyl sites for hydroxylation is 1. The van der Waals surface area contributed by atoms with Crippen molar-refractivity contribution in [1.82, 2.24) is 20.2 Å². The van der Waals surface area contributed by atoms with Gasteiger partial charge in [-0.2, -0.15) is 10.1 Å². The van der Waals surface area contributed by atoms with E-state index in [1.807, 2.05) is 0 Å². The van der Waals surface area contributed by atoms with Crippen LogP contribution in [-0.2, 0) is 0 Å². The number of anilines is 4. The quantitative estimate of drug-likeness (QED) is 0.466. The van der Waals surface area contributed by atoms with Gasteiger partial charge in [-0.15, -0.1) is 0 Å². The van der Waals surface area contributed by atoms with E-state index in [2.05, 4.69) is 91.8 Å². The third-order valence-electron chi connectivity index (χ3n) is 4.78. The standard InChI is InChI=1S/C20H23BrN6/c1-11(2)14-5-4-12(3)16(8-14)23-20-22-10-15(21)19(25-20)24-18-9-17(26-27-18)13-6-7-13/h4-5,8-11,13H,6-7H2,1-3H3,(H3,22,23,24,25,26,27). The van der Waals surface area contributed by atoms with Crippen LogP contribution in [0.4, 0.5) is 23.3 Å². The molecule has 7 heteroatoms. The fourth-order valence-electron chi connectivity index (χ4n) is 2.89. The van der Waals surface area contributed by atoms with Crippen LogP contribution in [0, 0.1) is 6.92 Å². The Labute approximate surface area is 167 Å². The molecular formula is C20H23BrN6. The minimum Gasteiger partial charge on any atom is -0.324 e. The van der Waals surface area contributed by atoms with Crippen LogP contribution in [0.5, 0.6) is 0 Å². The molecule has 1 saturated carbocycles. The average Bonchev–Trinajstić information content (AvgIpc) is 3.39. The van der Waals surface area contributed by atoms with Gasteiger partial charge in [0.15, 0.2) is 11.6 Å². The summed E-state index contributed by atoms with van der Waals surface area (Å²) in [6.45, 7) is 6.45. The van der Waals surface area contributed by atoms with Crippen LogP contribution < -0.4 is 10.6 Å². The summed E-state index contributed by atoms with van der Waals surface area (Å²) < 4.78 is 0.789. The van der Waals surface area contributed by atoms with Crippen LogP contribution in [0.25, 0.3) is 0 Å². The van der Waals surface area contributed by atoms with Crippen molar-refractivity contribution in [1.29, 1.82) is 0 Å². The van der Waals surface area contributed by atoms with E-state index in [9.17, 15) is 0 Å². The minimum atomic E-state index is 0.467. The number of nitrogens with one attached hydrogen (secondary N) is 3. The van der Waals surface area contributed by atoms with E-state index in [-0.39, 0.29) is 0 Å². The lowest BCUT2D eigenvalue weighted by Gasteiger charge is -2.13. The van der Waals surface area contributed by atoms with Gasteiger partial charge in [-0.1, -0.05) is 26.0 Å². The third-order valence-corrected chi connectivity index (χ3v) is 5.36. The number of benzene rings is 1. The fraction of sp³-hybridized carbons (Fsp3) is 0.350. The second-order valence-corrected chi connectivity index (χ2v) is 8.21.